The molecule has 0 aliphatic carbocycles. The Bertz CT molecular complexity index is 1080. The predicted molar refractivity (Wildman–Crippen MR) is 96.1 cm³/mol. The summed E-state index contributed by atoms with van der Waals surface area (Å²) in [6.07, 6.45) is 1.36. The number of halogens is 3. The van der Waals surface area contributed by atoms with Gasteiger partial charge in [0.05, 0.1) is 11.4 Å². The van der Waals surface area contributed by atoms with Crippen molar-refractivity contribution in [3.8, 4) is 0 Å². The fourth-order valence-electron chi connectivity index (χ4n) is 2.78. The van der Waals surface area contributed by atoms with Crippen LogP contribution in [0.25, 0.3) is 10.8 Å². The van der Waals surface area contributed by atoms with E-state index in [1.54, 1.807) is 6.92 Å². The van der Waals surface area contributed by atoms with Crippen molar-refractivity contribution in [3.05, 3.63) is 76.0 Å². The van der Waals surface area contributed by atoms with Crippen molar-refractivity contribution in [1.82, 2.24) is 9.88 Å². The third-order valence-electron chi connectivity index (χ3n) is 4.40. The number of urea groups is 1. The van der Waals surface area contributed by atoms with E-state index < -0.39 is 35.1 Å². The SMILES string of the molecule is C[C@@H](c1c[nH]c(=O)c2cc(F)c(F)cc12)N(C)C(=O)Nc1cccc(F)c1. The summed E-state index contributed by atoms with van der Waals surface area (Å²) in [6.45, 7) is 1.67. The molecule has 0 saturated carbocycles. The topological polar surface area (TPSA) is 65.2 Å². The lowest BCUT2D eigenvalue weighted by molar-refractivity contribution is 0.208. The first kappa shape index (κ1) is 18.5. The number of nitrogens with zero attached hydrogens (tertiary/aromatic N) is 1. The molecule has 140 valence electrons. The molecule has 1 aromatic heterocycles. The summed E-state index contributed by atoms with van der Waals surface area (Å²) in [7, 11) is 1.50. The zero-order valence-corrected chi connectivity index (χ0v) is 14.5. The average Bonchev–Trinajstić information content (AvgIpc) is 2.62. The standard InChI is InChI=1S/C19H16F3N3O2/c1-10(25(2)19(27)24-12-5-3-4-11(20)6-12)15-9-23-18(26)14-8-17(22)16(21)7-13(14)15/h3-10H,1-2H3,(H,23,26)(H,24,27)/t10-/m0/s1. The molecule has 8 heteroatoms. The quantitative estimate of drug-likeness (QED) is 0.722. The molecule has 0 radical (unpaired) electrons. The highest BCUT2D eigenvalue weighted by Crippen LogP contribution is 2.27. The summed E-state index contributed by atoms with van der Waals surface area (Å²) < 4.78 is 40.4. The molecule has 3 rings (SSSR count). The number of carbonyl (C=O) groups is 1. The van der Waals surface area contributed by atoms with Crippen LogP contribution in [0, 0.1) is 17.5 Å². The fraction of sp³-hybridized carbons (Fsp3) is 0.158. The molecule has 3 aromatic rings. The Kier molecular flexibility index (Phi) is 4.89. The van der Waals surface area contributed by atoms with Gasteiger partial charge in [0.1, 0.15) is 5.82 Å². The number of amides is 2. The fourth-order valence-corrected chi connectivity index (χ4v) is 2.78. The molecule has 1 atom stereocenters. The summed E-state index contributed by atoms with van der Waals surface area (Å²) in [5, 5.41) is 2.74. The number of pyridine rings is 1. The van der Waals surface area contributed by atoms with Gasteiger partial charge in [-0.15, -0.1) is 0 Å². The monoisotopic (exact) mass is 375 g/mol. The van der Waals surface area contributed by atoms with Gasteiger partial charge in [0.15, 0.2) is 11.6 Å². The van der Waals surface area contributed by atoms with Crippen LogP contribution in [0.4, 0.5) is 23.7 Å². The molecule has 0 saturated heterocycles. The second kappa shape index (κ2) is 7.14. The number of H-pyrrole nitrogens is 1. The van der Waals surface area contributed by atoms with E-state index >= 15 is 0 Å². The lowest BCUT2D eigenvalue weighted by Crippen LogP contribution is -2.34. The number of aromatic nitrogens is 1. The van der Waals surface area contributed by atoms with Crippen LogP contribution in [-0.2, 0) is 0 Å². The molecule has 27 heavy (non-hydrogen) atoms. The maximum absolute atomic E-state index is 13.7. The minimum absolute atomic E-state index is 0.0165. The number of anilines is 1. The molecule has 0 aliphatic rings. The van der Waals surface area contributed by atoms with Gasteiger partial charge in [0.25, 0.3) is 5.56 Å². The van der Waals surface area contributed by atoms with Gasteiger partial charge >= 0.3 is 6.03 Å². The number of aromatic amines is 1. The third-order valence-corrected chi connectivity index (χ3v) is 4.40. The molecular weight excluding hydrogens is 359 g/mol. The van der Waals surface area contributed by atoms with Gasteiger partial charge in [-0.25, -0.2) is 18.0 Å². The molecule has 2 N–H and O–H groups in total. The molecule has 5 nitrogen and oxygen atoms in total. The number of carbonyl (C=O) groups excluding carboxylic acids is 1. The lowest BCUT2D eigenvalue weighted by Gasteiger charge is -2.26. The minimum Gasteiger partial charge on any atom is -0.328 e. The summed E-state index contributed by atoms with van der Waals surface area (Å²) in [5.41, 5.74) is 0.144. The van der Waals surface area contributed by atoms with Gasteiger partial charge in [0.2, 0.25) is 0 Å². The van der Waals surface area contributed by atoms with Crippen molar-refractivity contribution >= 4 is 22.5 Å². The number of hydrogen-bond acceptors (Lipinski definition) is 2. The van der Waals surface area contributed by atoms with Crippen molar-refractivity contribution in [3.63, 3.8) is 0 Å². The molecule has 0 unspecified atom stereocenters. The highest BCUT2D eigenvalue weighted by molar-refractivity contribution is 5.90. The molecule has 1 heterocycles. The largest absolute Gasteiger partial charge is 0.328 e. The van der Waals surface area contributed by atoms with Crippen molar-refractivity contribution in [2.24, 2.45) is 0 Å². The van der Waals surface area contributed by atoms with Gasteiger partial charge in [-0.1, -0.05) is 6.07 Å². The van der Waals surface area contributed by atoms with E-state index in [4.69, 9.17) is 0 Å². The number of nitrogens with one attached hydrogen (secondary N) is 2. The molecule has 0 fully saturated rings. The summed E-state index contributed by atoms with van der Waals surface area (Å²) in [4.78, 5) is 28.1. The maximum atomic E-state index is 13.7. The second-order valence-electron chi connectivity index (χ2n) is 6.11. The van der Waals surface area contributed by atoms with Crippen LogP contribution >= 0.6 is 0 Å². The van der Waals surface area contributed by atoms with Crippen LogP contribution in [0.15, 0.2) is 47.4 Å². The number of fused-ring (bicyclic) bond motifs is 1. The Morgan fingerprint density at radius 1 is 1.11 bits per heavy atom. The minimum atomic E-state index is -1.13. The Hall–Kier alpha value is -3.29. The first-order valence-electron chi connectivity index (χ1n) is 8.07. The van der Waals surface area contributed by atoms with Gasteiger partial charge < -0.3 is 15.2 Å². The van der Waals surface area contributed by atoms with E-state index in [2.05, 4.69) is 10.3 Å². The maximum Gasteiger partial charge on any atom is 0.322 e. The van der Waals surface area contributed by atoms with E-state index in [9.17, 15) is 22.8 Å². The van der Waals surface area contributed by atoms with Gasteiger partial charge in [-0.05, 0) is 48.2 Å². The van der Waals surface area contributed by atoms with Gasteiger partial charge in [-0.2, -0.15) is 0 Å². The first-order chi connectivity index (χ1) is 12.8. The Labute approximate surface area is 152 Å². The Morgan fingerprint density at radius 2 is 1.78 bits per heavy atom. The molecule has 0 bridgehead atoms. The van der Waals surface area contributed by atoms with Crippen molar-refractivity contribution in [2.45, 2.75) is 13.0 Å². The van der Waals surface area contributed by atoms with Crippen LogP contribution in [-0.4, -0.2) is 23.0 Å². The highest BCUT2D eigenvalue weighted by Gasteiger charge is 2.21. The predicted octanol–water partition coefficient (Wildman–Crippen LogP) is 4.17. The van der Waals surface area contributed by atoms with Crippen molar-refractivity contribution < 1.29 is 18.0 Å². The lowest BCUT2D eigenvalue weighted by atomic mass is 10.0. The van der Waals surface area contributed by atoms with E-state index in [1.807, 2.05) is 0 Å². The van der Waals surface area contributed by atoms with E-state index in [0.29, 0.717) is 5.56 Å². The third kappa shape index (κ3) is 3.64. The molecule has 2 aromatic carbocycles. The van der Waals surface area contributed by atoms with Crippen LogP contribution in [0.1, 0.15) is 18.5 Å². The van der Waals surface area contributed by atoms with Crippen LogP contribution in [0.3, 0.4) is 0 Å². The highest BCUT2D eigenvalue weighted by atomic mass is 19.2. The smallest absolute Gasteiger partial charge is 0.322 e. The van der Waals surface area contributed by atoms with Crippen molar-refractivity contribution in [2.75, 3.05) is 12.4 Å². The van der Waals surface area contributed by atoms with Gasteiger partial charge in [0, 0.05) is 18.9 Å². The summed E-state index contributed by atoms with van der Waals surface area (Å²) in [5.74, 6) is -2.71. The molecular formula is C19H16F3N3O2. The normalized spacial score (nSPS) is 12.0. The van der Waals surface area contributed by atoms with Crippen molar-refractivity contribution in [1.29, 1.82) is 0 Å². The number of rotatable bonds is 3. The Morgan fingerprint density at radius 3 is 2.44 bits per heavy atom. The molecule has 0 spiro atoms. The first-order valence-corrected chi connectivity index (χ1v) is 8.07. The van der Waals surface area contributed by atoms with Crippen LogP contribution in [0.5, 0.6) is 0 Å². The summed E-state index contributed by atoms with van der Waals surface area (Å²) >= 11 is 0. The van der Waals surface area contributed by atoms with E-state index in [1.165, 1.54) is 42.4 Å². The van der Waals surface area contributed by atoms with E-state index in [-0.39, 0.29) is 16.5 Å². The molecule has 2 amide bonds. The van der Waals surface area contributed by atoms with Crippen LogP contribution in [0.2, 0.25) is 0 Å². The average molecular weight is 375 g/mol. The molecule has 0 aliphatic heterocycles. The number of benzene rings is 2. The zero-order chi connectivity index (χ0) is 19.7. The zero-order valence-electron chi connectivity index (χ0n) is 14.5. The second-order valence-corrected chi connectivity index (χ2v) is 6.11. The Balaban J connectivity index is 1.94. The van der Waals surface area contributed by atoms with Gasteiger partial charge in [-0.3, -0.25) is 4.79 Å². The number of hydrogen-bond donors (Lipinski definition) is 2. The van der Waals surface area contributed by atoms with Crippen LogP contribution < -0.4 is 10.9 Å². The van der Waals surface area contributed by atoms with E-state index in [0.717, 1.165) is 12.1 Å². The summed E-state index contributed by atoms with van der Waals surface area (Å²) in [6, 6.07) is 6.05.